The van der Waals surface area contributed by atoms with Crippen molar-refractivity contribution in [2.24, 2.45) is 0 Å². The Balaban J connectivity index is 2.28. The average molecular weight is 530 g/mol. The third-order valence-corrected chi connectivity index (χ3v) is 7.28. The number of amides is 2. The molecule has 0 saturated carbocycles. The number of nitrogens with zero attached hydrogens (tertiary/aromatic N) is 2. The number of hydrogen-bond donors (Lipinski definition) is 1. The van der Waals surface area contributed by atoms with Crippen LogP contribution in [0, 0.1) is 20.8 Å². The molecule has 0 aliphatic carbocycles. The van der Waals surface area contributed by atoms with Crippen LogP contribution in [0.15, 0.2) is 42.5 Å². The Kier molecular flexibility index (Phi) is 10.3. The largest absolute Gasteiger partial charge is 0.350 e. The van der Waals surface area contributed by atoms with E-state index in [2.05, 4.69) is 5.32 Å². The monoisotopic (exact) mass is 529 g/mol. The van der Waals surface area contributed by atoms with E-state index >= 15 is 0 Å². The summed E-state index contributed by atoms with van der Waals surface area (Å²) < 4.78 is 26.6. The first-order valence-electron chi connectivity index (χ1n) is 12.8. The number of sulfonamides is 1. The molecule has 204 valence electrons. The highest BCUT2D eigenvalue weighted by molar-refractivity contribution is 7.92. The molecule has 2 aromatic rings. The highest BCUT2D eigenvalue weighted by Gasteiger charge is 2.31. The van der Waals surface area contributed by atoms with Gasteiger partial charge >= 0.3 is 0 Å². The van der Waals surface area contributed by atoms with Crippen LogP contribution in [-0.2, 0) is 26.2 Å². The van der Waals surface area contributed by atoms with Gasteiger partial charge in [-0.15, -0.1) is 0 Å². The summed E-state index contributed by atoms with van der Waals surface area (Å²) >= 11 is 0. The van der Waals surface area contributed by atoms with Crippen LogP contribution in [0.5, 0.6) is 0 Å². The van der Waals surface area contributed by atoms with Gasteiger partial charge < -0.3 is 10.2 Å². The van der Waals surface area contributed by atoms with Crippen molar-refractivity contribution in [1.82, 2.24) is 10.2 Å². The maximum absolute atomic E-state index is 13.6. The van der Waals surface area contributed by atoms with Crippen molar-refractivity contribution in [3.05, 3.63) is 64.7 Å². The van der Waals surface area contributed by atoms with Gasteiger partial charge in [0.25, 0.3) is 0 Å². The second-order valence-electron chi connectivity index (χ2n) is 10.9. The number of carbonyl (C=O) groups is 2. The summed E-state index contributed by atoms with van der Waals surface area (Å²) in [6.07, 6.45) is 2.12. The second kappa shape index (κ2) is 12.6. The van der Waals surface area contributed by atoms with Crippen molar-refractivity contribution in [2.45, 2.75) is 85.9 Å². The van der Waals surface area contributed by atoms with Gasteiger partial charge in [0.05, 0.1) is 11.9 Å². The van der Waals surface area contributed by atoms with Gasteiger partial charge in [-0.3, -0.25) is 13.9 Å². The number of anilines is 1. The molecule has 0 spiro atoms. The van der Waals surface area contributed by atoms with Gasteiger partial charge in [0.2, 0.25) is 21.8 Å². The van der Waals surface area contributed by atoms with Gasteiger partial charge in [0.1, 0.15) is 6.04 Å². The van der Waals surface area contributed by atoms with E-state index in [4.69, 9.17) is 0 Å². The molecule has 0 bridgehead atoms. The normalized spacial score (nSPS) is 12.6. The SMILES string of the molecule is CC[C@@H](C(=O)NC(C)(C)C)N(Cc1cccc(C)c1)C(=O)CCCN(c1cc(C)ccc1C)S(C)(=O)=O. The van der Waals surface area contributed by atoms with Crippen molar-refractivity contribution in [1.29, 1.82) is 0 Å². The van der Waals surface area contributed by atoms with Crippen LogP contribution in [0.1, 0.15) is 69.2 Å². The van der Waals surface area contributed by atoms with Crippen LogP contribution in [-0.4, -0.2) is 49.5 Å². The topological polar surface area (TPSA) is 86.8 Å². The fraction of sp³-hybridized carbons (Fsp3) is 0.517. The molecule has 7 nitrogen and oxygen atoms in total. The molecule has 2 amide bonds. The molecule has 0 fully saturated rings. The quantitative estimate of drug-likeness (QED) is 0.449. The lowest BCUT2D eigenvalue weighted by Gasteiger charge is -2.33. The molecular weight excluding hydrogens is 486 g/mol. The summed E-state index contributed by atoms with van der Waals surface area (Å²) in [7, 11) is -3.54. The Morgan fingerprint density at radius 2 is 1.65 bits per heavy atom. The Bertz CT molecular complexity index is 1200. The maximum Gasteiger partial charge on any atom is 0.243 e. The van der Waals surface area contributed by atoms with Crippen LogP contribution in [0.3, 0.4) is 0 Å². The second-order valence-corrected chi connectivity index (χ2v) is 12.8. The summed E-state index contributed by atoms with van der Waals surface area (Å²) in [5, 5.41) is 3.01. The summed E-state index contributed by atoms with van der Waals surface area (Å²) in [4.78, 5) is 28.4. The first-order chi connectivity index (χ1) is 17.1. The van der Waals surface area contributed by atoms with Crippen LogP contribution in [0.4, 0.5) is 5.69 Å². The zero-order chi connectivity index (χ0) is 28.0. The minimum Gasteiger partial charge on any atom is -0.350 e. The first-order valence-corrected chi connectivity index (χ1v) is 14.7. The van der Waals surface area contributed by atoms with E-state index in [-0.39, 0.29) is 24.8 Å². The summed E-state index contributed by atoms with van der Waals surface area (Å²) in [6, 6.07) is 13.0. The van der Waals surface area contributed by atoms with E-state index in [0.29, 0.717) is 25.1 Å². The van der Waals surface area contributed by atoms with E-state index < -0.39 is 21.6 Å². The van der Waals surface area contributed by atoms with Gasteiger partial charge in [0.15, 0.2) is 0 Å². The summed E-state index contributed by atoms with van der Waals surface area (Å²) in [5.74, 6) is -0.365. The number of nitrogens with one attached hydrogen (secondary N) is 1. The lowest BCUT2D eigenvalue weighted by molar-refractivity contribution is -0.142. The molecule has 2 aromatic carbocycles. The molecule has 0 radical (unpaired) electrons. The van der Waals surface area contributed by atoms with Crippen LogP contribution in [0.2, 0.25) is 0 Å². The van der Waals surface area contributed by atoms with Gasteiger partial charge in [-0.05, 0) is 77.1 Å². The third kappa shape index (κ3) is 9.18. The van der Waals surface area contributed by atoms with E-state index in [9.17, 15) is 18.0 Å². The molecule has 2 rings (SSSR count). The van der Waals surface area contributed by atoms with E-state index in [0.717, 1.165) is 22.3 Å². The summed E-state index contributed by atoms with van der Waals surface area (Å²) in [5.41, 5.74) is 4.05. The van der Waals surface area contributed by atoms with Crippen molar-refractivity contribution in [3.63, 3.8) is 0 Å². The molecule has 0 heterocycles. The molecule has 0 aliphatic heterocycles. The molecule has 0 aromatic heterocycles. The molecular formula is C29H43N3O4S. The van der Waals surface area contributed by atoms with Gasteiger partial charge in [-0.2, -0.15) is 0 Å². The highest BCUT2D eigenvalue weighted by Crippen LogP contribution is 2.25. The molecule has 0 aliphatic rings. The van der Waals surface area contributed by atoms with E-state index in [1.54, 1.807) is 4.90 Å². The molecule has 8 heteroatoms. The van der Waals surface area contributed by atoms with E-state index in [1.807, 2.05) is 90.9 Å². The summed E-state index contributed by atoms with van der Waals surface area (Å²) in [6.45, 7) is 13.9. The number of rotatable bonds is 11. The highest BCUT2D eigenvalue weighted by atomic mass is 32.2. The molecule has 1 N–H and O–H groups in total. The number of hydrogen-bond acceptors (Lipinski definition) is 4. The Hall–Kier alpha value is -2.87. The third-order valence-electron chi connectivity index (χ3n) is 6.11. The van der Waals surface area contributed by atoms with Crippen LogP contribution >= 0.6 is 0 Å². The van der Waals surface area contributed by atoms with Crippen molar-refractivity contribution < 1.29 is 18.0 Å². The minimum absolute atomic E-state index is 0.127. The van der Waals surface area contributed by atoms with Gasteiger partial charge in [-0.25, -0.2) is 8.42 Å². The lowest BCUT2D eigenvalue weighted by atomic mass is 10.0. The molecule has 0 unspecified atom stereocenters. The fourth-order valence-corrected chi connectivity index (χ4v) is 5.36. The van der Waals surface area contributed by atoms with Crippen LogP contribution in [0.25, 0.3) is 0 Å². The van der Waals surface area contributed by atoms with Crippen molar-refractivity contribution in [2.75, 3.05) is 17.1 Å². The predicted octanol–water partition coefficient (Wildman–Crippen LogP) is 4.88. The lowest BCUT2D eigenvalue weighted by Crippen LogP contribution is -2.53. The van der Waals surface area contributed by atoms with Gasteiger partial charge in [0, 0.05) is 25.0 Å². The number of aryl methyl sites for hydroxylation is 3. The minimum atomic E-state index is -3.54. The molecule has 37 heavy (non-hydrogen) atoms. The maximum atomic E-state index is 13.6. The van der Waals surface area contributed by atoms with E-state index in [1.165, 1.54) is 10.6 Å². The fourth-order valence-electron chi connectivity index (χ4n) is 4.35. The predicted molar refractivity (Wildman–Crippen MR) is 151 cm³/mol. The Morgan fingerprint density at radius 3 is 2.22 bits per heavy atom. The smallest absolute Gasteiger partial charge is 0.243 e. The molecule has 0 saturated heterocycles. The van der Waals surface area contributed by atoms with Crippen LogP contribution < -0.4 is 9.62 Å². The molecule has 1 atom stereocenters. The zero-order valence-electron chi connectivity index (χ0n) is 23.6. The Morgan fingerprint density at radius 1 is 1.00 bits per heavy atom. The average Bonchev–Trinajstić information content (AvgIpc) is 2.76. The first kappa shape index (κ1) is 30.4. The zero-order valence-corrected chi connectivity index (χ0v) is 24.4. The Labute approximate surface area is 223 Å². The number of benzene rings is 2. The van der Waals surface area contributed by atoms with Gasteiger partial charge in [-0.1, -0.05) is 48.9 Å². The number of carbonyl (C=O) groups excluding carboxylic acids is 2. The van der Waals surface area contributed by atoms with Crippen molar-refractivity contribution >= 4 is 27.5 Å². The van der Waals surface area contributed by atoms with Crippen molar-refractivity contribution in [3.8, 4) is 0 Å². The standard InChI is InChI=1S/C29H43N3O4S/c1-9-25(28(34)30-29(5,6)7)31(20-24-13-10-12-21(2)18-24)27(33)14-11-17-32(37(8,35)36)26-19-22(3)15-16-23(26)4/h10,12-13,15-16,18-19,25H,9,11,14,17,20H2,1-8H3,(H,30,34)/t25-/m0/s1.